The number of hydrogen-bond donors (Lipinski definition) is 2. The van der Waals surface area contributed by atoms with Gasteiger partial charge in [-0.2, -0.15) is 0 Å². The smallest absolute Gasteiger partial charge is 0.303 e. The highest BCUT2D eigenvalue weighted by molar-refractivity contribution is 7.89. The fraction of sp³-hybridized carbons (Fsp3) is 0.556. The molecule has 0 aromatic heterocycles. The molecule has 1 amide bonds. The average Bonchev–Trinajstić information content (AvgIpc) is 3.03. The first kappa shape index (κ1) is 18.8. The number of aliphatic carboxylic acids is 1. The Morgan fingerprint density at radius 1 is 1.15 bits per heavy atom. The largest absolute Gasteiger partial charge is 0.481 e. The number of fused-ring (bicyclic) bond motifs is 1. The molecule has 0 spiro atoms. The summed E-state index contributed by atoms with van der Waals surface area (Å²) in [6.07, 6.45) is 5.30. The SMILES string of the molecule is O=C(O)CCC(=O)N1CCc2cc(S(=O)(=O)NC3CCCCC3)ccc21. The van der Waals surface area contributed by atoms with E-state index in [4.69, 9.17) is 5.11 Å². The summed E-state index contributed by atoms with van der Waals surface area (Å²) in [4.78, 5) is 24.6. The number of anilines is 1. The molecule has 1 aromatic rings. The first-order valence-electron chi connectivity index (χ1n) is 9.04. The second-order valence-electron chi connectivity index (χ2n) is 6.94. The van der Waals surface area contributed by atoms with Crippen LogP contribution in [0.5, 0.6) is 0 Å². The van der Waals surface area contributed by atoms with Crippen molar-refractivity contribution in [1.29, 1.82) is 0 Å². The molecule has 1 fully saturated rings. The second kappa shape index (κ2) is 7.75. The van der Waals surface area contributed by atoms with E-state index in [0.717, 1.165) is 37.7 Å². The molecule has 1 aliphatic heterocycles. The summed E-state index contributed by atoms with van der Waals surface area (Å²) >= 11 is 0. The van der Waals surface area contributed by atoms with Crippen LogP contribution in [-0.4, -0.2) is 38.0 Å². The zero-order valence-electron chi connectivity index (χ0n) is 14.6. The zero-order valence-corrected chi connectivity index (χ0v) is 15.4. The Labute approximate surface area is 153 Å². The van der Waals surface area contributed by atoms with Crippen molar-refractivity contribution in [3.63, 3.8) is 0 Å². The predicted molar refractivity (Wildman–Crippen MR) is 96.6 cm³/mol. The third kappa shape index (κ3) is 4.24. The molecule has 0 atom stereocenters. The minimum atomic E-state index is -3.57. The van der Waals surface area contributed by atoms with Gasteiger partial charge < -0.3 is 10.0 Å². The predicted octanol–water partition coefficient (Wildman–Crippen LogP) is 2.05. The van der Waals surface area contributed by atoms with Crippen LogP contribution in [0.15, 0.2) is 23.1 Å². The lowest BCUT2D eigenvalue weighted by molar-refractivity contribution is -0.138. The summed E-state index contributed by atoms with van der Waals surface area (Å²) in [5, 5.41) is 8.72. The van der Waals surface area contributed by atoms with Gasteiger partial charge in [-0.3, -0.25) is 9.59 Å². The van der Waals surface area contributed by atoms with Crippen molar-refractivity contribution in [3.8, 4) is 0 Å². The molecule has 0 bridgehead atoms. The quantitative estimate of drug-likeness (QED) is 0.786. The summed E-state index contributed by atoms with van der Waals surface area (Å²) in [6.45, 7) is 0.452. The van der Waals surface area contributed by atoms with Gasteiger partial charge in [0.05, 0.1) is 11.3 Å². The lowest BCUT2D eigenvalue weighted by atomic mass is 9.96. The van der Waals surface area contributed by atoms with Crippen molar-refractivity contribution in [3.05, 3.63) is 23.8 Å². The molecule has 2 aliphatic rings. The van der Waals surface area contributed by atoms with Gasteiger partial charge in [0.25, 0.3) is 0 Å². The van der Waals surface area contributed by atoms with Crippen molar-refractivity contribution in [1.82, 2.24) is 4.72 Å². The Kier molecular flexibility index (Phi) is 5.62. The van der Waals surface area contributed by atoms with Crippen LogP contribution in [0.2, 0.25) is 0 Å². The summed E-state index contributed by atoms with van der Waals surface area (Å²) in [7, 11) is -3.57. The van der Waals surface area contributed by atoms with Gasteiger partial charge in [0.2, 0.25) is 15.9 Å². The van der Waals surface area contributed by atoms with Crippen LogP contribution in [-0.2, 0) is 26.0 Å². The van der Waals surface area contributed by atoms with E-state index in [0.29, 0.717) is 18.7 Å². The first-order valence-corrected chi connectivity index (χ1v) is 10.5. The third-order valence-electron chi connectivity index (χ3n) is 5.04. The maximum atomic E-state index is 12.6. The molecule has 1 aromatic carbocycles. The molecular formula is C18H24N2O5S. The maximum Gasteiger partial charge on any atom is 0.303 e. The van der Waals surface area contributed by atoms with Crippen molar-refractivity contribution >= 4 is 27.6 Å². The van der Waals surface area contributed by atoms with Gasteiger partial charge >= 0.3 is 5.97 Å². The van der Waals surface area contributed by atoms with Gasteiger partial charge in [0.15, 0.2) is 0 Å². The highest BCUT2D eigenvalue weighted by atomic mass is 32.2. The Bertz CT molecular complexity index is 800. The zero-order chi connectivity index (χ0) is 18.7. The van der Waals surface area contributed by atoms with Crippen molar-refractivity contribution in [2.24, 2.45) is 0 Å². The molecule has 142 valence electrons. The van der Waals surface area contributed by atoms with E-state index in [1.807, 2.05) is 0 Å². The lowest BCUT2D eigenvalue weighted by Crippen LogP contribution is -2.36. The van der Waals surface area contributed by atoms with Crippen LogP contribution in [0.3, 0.4) is 0 Å². The van der Waals surface area contributed by atoms with Gasteiger partial charge in [0, 0.05) is 24.7 Å². The second-order valence-corrected chi connectivity index (χ2v) is 8.65. The van der Waals surface area contributed by atoms with Crippen LogP contribution >= 0.6 is 0 Å². The highest BCUT2D eigenvalue weighted by Crippen LogP contribution is 2.31. The molecule has 3 rings (SSSR count). The number of carboxylic acids is 1. The molecule has 1 heterocycles. The monoisotopic (exact) mass is 380 g/mol. The van der Waals surface area contributed by atoms with Gasteiger partial charge in [-0.05, 0) is 43.0 Å². The van der Waals surface area contributed by atoms with Crippen molar-refractivity contribution in [2.75, 3.05) is 11.4 Å². The molecular weight excluding hydrogens is 356 g/mol. The van der Waals surface area contributed by atoms with E-state index in [1.54, 1.807) is 17.0 Å². The highest BCUT2D eigenvalue weighted by Gasteiger charge is 2.28. The molecule has 1 saturated carbocycles. The fourth-order valence-electron chi connectivity index (χ4n) is 3.66. The number of benzene rings is 1. The van der Waals surface area contributed by atoms with Crippen molar-refractivity contribution in [2.45, 2.75) is 62.3 Å². The van der Waals surface area contributed by atoms with E-state index < -0.39 is 16.0 Å². The number of nitrogens with one attached hydrogen (secondary N) is 1. The summed E-state index contributed by atoms with van der Waals surface area (Å²) < 4.78 is 28.1. The number of carboxylic acid groups (broad SMARTS) is 1. The van der Waals surface area contributed by atoms with Gasteiger partial charge in [-0.1, -0.05) is 19.3 Å². The molecule has 26 heavy (non-hydrogen) atoms. The minimum Gasteiger partial charge on any atom is -0.481 e. The van der Waals surface area contributed by atoms with Gasteiger partial charge in [0.1, 0.15) is 0 Å². The van der Waals surface area contributed by atoms with Crippen LogP contribution in [0, 0.1) is 0 Å². The number of sulfonamides is 1. The molecule has 0 saturated heterocycles. The summed E-state index contributed by atoms with van der Waals surface area (Å²) in [6, 6.07) is 4.80. The number of nitrogens with zero attached hydrogens (tertiary/aromatic N) is 1. The Balaban J connectivity index is 1.73. The van der Waals surface area contributed by atoms with Crippen LogP contribution in [0.4, 0.5) is 5.69 Å². The maximum absolute atomic E-state index is 12.6. The minimum absolute atomic E-state index is 0.00361. The number of amides is 1. The van der Waals surface area contributed by atoms with Crippen molar-refractivity contribution < 1.29 is 23.1 Å². The summed E-state index contributed by atoms with van der Waals surface area (Å²) in [5.41, 5.74) is 1.48. The molecule has 0 radical (unpaired) electrons. The van der Waals surface area contributed by atoms with E-state index in [9.17, 15) is 18.0 Å². The Morgan fingerprint density at radius 2 is 1.88 bits per heavy atom. The van der Waals surface area contributed by atoms with Crippen LogP contribution < -0.4 is 9.62 Å². The van der Waals surface area contributed by atoms with E-state index in [1.165, 1.54) is 6.07 Å². The number of rotatable bonds is 6. The van der Waals surface area contributed by atoms with Crippen LogP contribution in [0.25, 0.3) is 0 Å². The number of carbonyl (C=O) groups is 2. The molecule has 7 nitrogen and oxygen atoms in total. The topological polar surface area (TPSA) is 104 Å². The number of carbonyl (C=O) groups excluding carboxylic acids is 1. The molecule has 8 heteroatoms. The van der Waals surface area contributed by atoms with Gasteiger partial charge in [-0.15, -0.1) is 0 Å². The van der Waals surface area contributed by atoms with Crippen LogP contribution in [0.1, 0.15) is 50.5 Å². The Morgan fingerprint density at radius 3 is 2.58 bits per heavy atom. The van der Waals surface area contributed by atoms with E-state index >= 15 is 0 Å². The normalized spacial score (nSPS) is 17.9. The molecule has 2 N–H and O–H groups in total. The standard InChI is InChI=1S/C18H24N2O5S/c21-17(8-9-18(22)23)20-11-10-13-12-15(6-7-16(13)20)26(24,25)19-14-4-2-1-3-5-14/h6-7,12,14,19H,1-5,8-11H2,(H,22,23). The lowest BCUT2D eigenvalue weighted by Gasteiger charge is -2.23. The molecule has 1 aliphatic carbocycles. The number of hydrogen-bond acceptors (Lipinski definition) is 4. The Hall–Kier alpha value is -1.93. The van der Waals surface area contributed by atoms with E-state index in [2.05, 4.69) is 4.72 Å². The average molecular weight is 380 g/mol. The molecule has 0 unspecified atom stereocenters. The fourth-order valence-corrected chi connectivity index (χ4v) is 5.02. The van der Waals surface area contributed by atoms with Gasteiger partial charge in [-0.25, -0.2) is 13.1 Å². The van der Waals surface area contributed by atoms with E-state index in [-0.39, 0.29) is 29.7 Å². The first-order chi connectivity index (χ1) is 12.4. The third-order valence-corrected chi connectivity index (χ3v) is 6.56. The summed E-state index contributed by atoms with van der Waals surface area (Å²) in [5.74, 6) is -1.25.